The van der Waals surface area contributed by atoms with E-state index in [2.05, 4.69) is 11.4 Å². The second kappa shape index (κ2) is 5.98. The summed E-state index contributed by atoms with van der Waals surface area (Å²) >= 11 is 0. The average molecular weight is 267 g/mol. The van der Waals surface area contributed by atoms with Crippen molar-refractivity contribution in [1.29, 1.82) is 5.26 Å². The van der Waals surface area contributed by atoms with Crippen molar-refractivity contribution in [1.82, 2.24) is 0 Å². The normalized spacial score (nSPS) is 10.1. The Labute approximate surface area is 118 Å². The van der Waals surface area contributed by atoms with E-state index in [0.717, 1.165) is 17.1 Å². The Kier molecular flexibility index (Phi) is 4.11. The molecule has 4 nitrogen and oxygen atoms in total. The molecule has 0 aromatic heterocycles. The number of nitriles is 1. The van der Waals surface area contributed by atoms with Gasteiger partial charge in [-0.3, -0.25) is 0 Å². The number of nitrogens with zero attached hydrogens (tertiary/aromatic N) is 1. The fraction of sp³-hybridized carbons (Fsp3) is 0.188. The van der Waals surface area contributed by atoms with Gasteiger partial charge in [-0.25, -0.2) is 0 Å². The lowest BCUT2D eigenvalue weighted by Gasteiger charge is -2.12. The Hall–Kier alpha value is -2.67. The summed E-state index contributed by atoms with van der Waals surface area (Å²) in [7, 11) is 0. The topological polar surface area (TPSA) is 71.1 Å². The molecule has 20 heavy (non-hydrogen) atoms. The summed E-state index contributed by atoms with van der Waals surface area (Å²) in [6.45, 7) is 3.97. The number of ether oxygens (including phenoxy) is 1. The van der Waals surface area contributed by atoms with E-state index in [4.69, 9.17) is 15.7 Å². The molecule has 2 rings (SSSR count). The number of benzene rings is 2. The molecule has 0 saturated heterocycles. The lowest BCUT2D eigenvalue weighted by molar-refractivity contribution is 0.242. The van der Waals surface area contributed by atoms with E-state index in [1.54, 1.807) is 18.2 Å². The third kappa shape index (κ3) is 3.42. The summed E-state index contributed by atoms with van der Waals surface area (Å²) in [5, 5.41) is 12.1. The lowest BCUT2D eigenvalue weighted by Crippen LogP contribution is -2.05. The van der Waals surface area contributed by atoms with Crippen molar-refractivity contribution in [3.8, 4) is 11.8 Å². The van der Waals surface area contributed by atoms with Gasteiger partial charge in [-0.1, -0.05) is 0 Å². The second-order valence-electron chi connectivity index (χ2n) is 4.73. The molecule has 0 aliphatic carbocycles. The fourth-order valence-corrected chi connectivity index (χ4v) is 1.78. The highest BCUT2D eigenvalue weighted by atomic mass is 16.5. The fourth-order valence-electron chi connectivity index (χ4n) is 1.78. The number of nitrogen functional groups attached to an aromatic ring is 1. The quantitative estimate of drug-likeness (QED) is 0.829. The summed E-state index contributed by atoms with van der Waals surface area (Å²) < 4.78 is 5.58. The number of hydrogen-bond acceptors (Lipinski definition) is 4. The van der Waals surface area contributed by atoms with Gasteiger partial charge in [-0.05, 0) is 56.3 Å². The largest absolute Gasteiger partial charge is 0.491 e. The molecule has 0 amide bonds. The molecule has 0 heterocycles. The highest BCUT2D eigenvalue weighted by molar-refractivity contribution is 5.74. The number of hydrogen-bond donors (Lipinski definition) is 2. The molecular weight excluding hydrogens is 250 g/mol. The molecule has 4 heteroatoms. The van der Waals surface area contributed by atoms with Crippen molar-refractivity contribution in [2.24, 2.45) is 0 Å². The van der Waals surface area contributed by atoms with Crippen LogP contribution in [0.1, 0.15) is 19.4 Å². The first-order valence-electron chi connectivity index (χ1n) is 6.42. The Morgan fingerprint density at radius 3 is 2.45 bits per heavy atom. The minimum atomic E-state index is 0.150. The molecule has 2 aromatic carbocycles. The van der Waals surface area contributed by atoms with Crippen molar-refractivity contribution < 1.29 is 4.74 Å². The smallest absolute Gasteiger partial charge is 0.119 e. The molecular formula is C16H17N3O. The van der Waals surface area contributed by atoms with Gasteiger partial charge >= 0.3 is 0 Å². The first kappa shape index (κ1) is 13.8. The number of rotatable bonds is 4. The van der Waals surface area contributed by atoms with Crippen LogP contribution in [0.4, 0.5) is 17.1 Å². The van der Waals surface area contributed by atoms with Gasteiger partial charge in [0.2, 0.25) is 0 Å². The molecule has 102 valence electrons. The molecule has 0 saturated carbocycles. The minimum Gasteiger partial charge on any atom is -0.491 e. The predicted octanol–water partition coefficient (Wildman–Crippen LogP) is 3.67. The van der Waals surface area contributed by atoms with Crippen LogP contribution in [0, 0.1) is 11.3 Å². The molecule has 3 N–H and O–H groups in total. The second-order valence-corrected chi connectivity index (χ2v) is 4.73. The summed E-state index contributed by atoms with van der Waals surface area (Å²) in [6.07, 6.45) is 0.150. The first-order valence-corrected chi connectivity index (χ1v) is 6.42. The molecule has 2 aromatic rings. The monoisotopic (exact) mass is 267 g/mol. The van der Waals surface area contributed by atoms with Gasteiger partial charge in [0, 0.05) is 5.69 Å². The zero-order valence-corrected chi connectivity index (χ0v) is 11.6. The third-order valence-electron chi connectivity index (χ3n) is 2.69. The standard InChI is InChI=1S/C16H17N3O/c1-11(2)20-14-6-4-13(5-7-14)19-16-9-12(10-17)3-8-15(16)18/h3-9,11,19H,18H2,1-2H3. The maximum Gasteiger partial charge on any atom is 0.119 e. The number of nitrogens with two attached hydrogens (primary N) is 1. The maximum absolute atomic E-state index is 8.90. The molecule has 0 radical (unpaired) electrons. The highest BCUT2D eigenvalue weighted by Gasteiger charge is 2.03. The van der Waals surface area contributed by atoms with Crippen LogP contribution in [0.25, 0.3) is 0 Å². The Balaban J connectivity index is 2.16. The van der Waals surface area contributed by atoms with Crippen LogP contribution in [0.3, 0.4) is 0 Å². The van der Waals surface area contributed by atoms with Crippen molar-refractivity contribution in [3.05, 3.63) is 48.0 Å². The van der Waals surface area contributed by atoms with Crippen LogP contribution < -0.4 is 15.8 Å². The van der Waals surface area contributed by atoms with Crippen LogP contribution in [0.2, 0.25) is 0 Å². The predicted molar refractivity (Wildman–Crippen MR) is 81.1 cm³/mol. The van der Waals surface area contributed by atoms with Crippen LogP contribution in [-0.2, 0) is 0 Å². The molecule has 0 spiro atoms. The van der Waals surface area contributed by atoms with E-state index in [1.165, 1.54) is 0 Å². The molecule has 0 bridgehead atoms. The number of nitrogens with one attached hydrogen (secondary N) is 1. The van der Waals surface area contributed by atoms with Gasteiger partial charge in [0.15, 0.2) is 0 Å². The minimum absolute atomic E-state index is 0.150. The first-order chi connectivity index (χ1) is 9.58. The van der Waals surface area contributed by atoms with E-state index >= 15 is 0 Å². The van der Waals surface area contributed by atoms with E-state index < -0.39 is 0 Å². The molecule has 0 atom stereocenters. The zero-order chi connectivity index (χ0) is 14.5. The van der Waals surface area contributed by atoms with Crippen molar-refractivity contribution in [2.75, 3.05) is 11.1 Å². The average Bonchev–Trinajstić information content (AvgIpc) is 2.43. The lowest BCUT2D eigenvalue weighted by atomic mass is 10.2. The van der Waals surface area contributed by atoms with Gasteiger partial charge in [0.25, 0.3) is 0 Å². The van der Waals surface area contributed by atoms with Crippen molar-refractivity contribution in [2.45, 2.75) is 20.0 Å². The number of anilines is 3. The van der Waals surface area contributed by atoms with E-state index in [-0.39, 0.29) is 6.10 Å². The van der Waals surface area contributed by atoms with Crippen LogP contribution in [0.5, 0.6) is 5.75 Å². The van der Waals surface area contributed by atoms with Crippen molar-refractivity contribution >= 4 is 17.1 Å². The van der Waals surface area contributed by atoms with Crippen LogP contribution in [0.15, 0.2) is 42.5 Å². The zero-order valence-electron chi connectivity index (χ0n) is 11.6. The SMILES string of the molecule is CC(C)Oc1ccc(Nc2cc(C#N)ccc2N)cc1. The Bertz CT molecular complexity index is 627. The molecule has 0 fully saturated rings. The summed E-state index contributed by atoms with van der Waals surface area (Å²) in [5.41, 5.74) is 8.68. The van der Waals surface area contributed by atoms with Gasteiger partial charge < -0.3 is 15.8 Å². The van der Waals surface area contributed by atoms with Crippen LogP contribution in [-0.4, -0.2) is 6.10 Å². The summed E-state index contributed by atoms with van der Waals surface area (Å²) in [6, 6.07) is 14.9. The van der Waals surface area contributed by atoms with Gasteiger partial charge in [0.1, 0.15) is 5.75 Å². The van der Waals surface area contributed by atoms with E-state index in [0.29, 0.717) is 11.3 Å². The highest BCUT2D eigenvalue weighted by Crippen LogP contribution is 2.25. The Morgan fingerprint density at radius 2 is 1.85 bits per heavy atom. The molecule has 0 aliphatic rings. The summed E-state index contributed by atoms with van der Waals surface area (Å²) in [4.78, 5) is 0. The molecule has 0 aliphatic heterocycles. The molecule has 0 unspecified atom stereocenters. The summed E-state index contributed by atoms with van der Waals surface area (Å²) in [5.74, 6) is 0.823. The van der Waals surface area contributed by atoms with E-state index in [9.17, 15) is 0 Å². The maximum atomic E-state index is 8.90. The Morgan fingerprint density at radius 1 is 1.15 bits per heavy atom. The third-order valence-corrected chi connectivity index (χ3v) is 2.69. The van der Waals surface area contributed by atoms with Gasteiger partial charge in [-0.2, -0.15) is 5.26 Å². The van der Waals surface area contributed by atoms with Crippen molar-refractivity contribution in [3.63, 3.8) is 0 Å². The van der Waals surface area contributed by atoms with E-state index in [1.807, 2.05) is 38.1 Å². The van der Waals surface area contributed by atoms with Gasteiger partial charge in [0.05, 0.1) is 29.1 Å². The van der Waals surface area contributed by atoms with Gasteiger partial charge in [-0.15, -0.1) is 0 Å². The van der Waals surface area contributed by atoms with Crippen LogP contribution >= 0.6 is 0 Å².